The Morgan fingerprint density at radius 3 is 2.31 bits per heavy atom. The first-order valence-electron chi connectivity index (χ1n) is 11.0. The van der Waals surface area contributed by atoms with Gasteiger partial charge in [-0.05, 0) is 31.2 Å². The lowest BCUT2D eigenvalue weighted by Crippen LogP contribution is -2.72. The van der Waals surface area contributed by atoms with Crippen LogP contribution in [0.25, 0.3) is 5.69 Å². The van der Waals surface area contributed by atoms with E-state index in [1.54, 1.807) is 16.8 Å². The molecule has 5 rings (SSSR count). The summed E-state index contributed by atoms with van der Waals surface area (Å²) in [6.45, 7) is 12.3. The van der Waals surface area contributed by atoms with Gasteiger partial charge in [-0.15, -0.1) is 13.2 Å². The molecule has 0 N–H and O–H groups in total. The first-order chi connectivity index (χ1) is 15.3. The summed E-state index contributed by atoms with van der Waals surface area (Å²) in [5, 5.41) is 4.56. The minimum Gasteiger partial charge on any atom is -0.406 e. The molecular weight excluding hydrogens is 423 g/mol. The van der Waals surface area contributed by atoms with Crippen LogP contribution in [0.5, 0.6) is 5.75 Å². The van der Waals surface area contributed by atoms with Crippen molar-refractivity contribution in [3.05, 3.63) is 36.2 Å². The van der Waals surface area contributed by atoms with Gasteiger partial charge in [-0.1, -0.05) is 0 Å². The lowest BCUT2D eigenvalue weighted by atomic mass is 9.72. The molecular formula is C22H28F3N5O2. The van der Waals surface area contributed by atoms with Crippen molar-refractivity contribution in [1.82, 2.24) is 19.6 Å². The van der Waals surface area contributed by atoms with Crippen molar-refractivity contribution in [2.45, 2.75) is 13.3 Å². The molecule has 4 heterocycles. The molecule has 0 radical (unpaired) electrons. The van der Waals surface area contributed by atoms with Gasteiger partial charge in [0, 0.05) is 57.8 Å². The Morgan fingerprint density at radius 2 is 1.66 bits per heavy atom. The van der Waals surface area contributed by atoms with Gasteiger partial charge in [0.2, 0.25) is 0 Å². The molecule has 0 saturated carbocycles. The topological polar surface area (TPSA) is 46.0 Å². The number of halogens is 3. The second kappa shape index (κ2) is 8.24. The van der Waals surface area contributed by atoms with Gasteiger partial charge >= 0.3 is 6.36 Å². The fourth-order valence-corrected chi connectivity index (χ4v) is 5.00. The molecule has 1 aromatic carbocycles. The average molecular weight is 451 g/mol. The highest BCUT2D eigenvalue weighted by atomic mass is 19.4. The van der Waals surface area contributed by atoms with Crippen LogP contribution in [0.2, 0.25) is 0 Å². The van der Waals surface area contributed by atoms with Crippen molar-refractivity contribution in [1.29, 1.82) is 0 Å². The minimum atomic E-state index is -4.69. The first-order valence-corrected chi connectivity index (χ1v) is 11.0. The van der Waals surface area contributed by atoms with Crippen molar-refractivity contribution in [2.24, 2.45) is 5.41 Å². The van der Waals surface area contributed by atoms with Gasteiger partial charge in [0.1, 0.15) is 5.75 Å². The summed E-state index contributed by atoms with van der Waals surface area (Å²) in [5.74, 6) is -0.238. The predicted molar refractivity (Wildman–Crippen MR) is 113 cm³/mol. The van der Waals surface area contributed by atoms with Gasteiger partial charge < -0.3 is 19.3 Å². The normalized spacial score (nSPS) is 21.4. The fourth-order valence-electron chi connectivity index (χ4n) is 5.00. The Labute approximate surface area is 185 Å². The number of ether oxygens (including phenoxy) is 2. The number of hydrogen-bond acceptors (Lipinski definition) is 6. The average Bonchev–Trinajstić information content (AvgIpc) is 3.07. The van der Waals surface area contributed by atoms with Crippen LogP contribution >= 0.6 is 0 Å². The highest BCUT2D eigenvalue weighted by molar-refractivity contribution is 5.54. The largest absolute Gasteiger partial charge is 0.573 e. The van der Waals surface area contributed by atoms with Gasteiger partial charge in [0.05, 0.1) is 36.5 Å². The SMILES string of the molecule is Cc1nn(-c2ccc(OC(F)(F)F)cc2)cc1N1CC2(CN(CCN3CCOCC3)C2)C1. The minimum absolute atomic E-state index is 0.238. The standard InChI is InChI=1S/C22H28F3N5O2/c1-17-20(12-30(26-17)18-2-4-19(5-3-18)32-22(23,24)25)29-15-21(16-29)13-28(14-21)7-6-27-8-10-31-11-9-27/h2-5,12H,6-11,13-16H2,1H3. The molecule has 0 amide bonds. The summed E-state index contributed by atoms with van der Waals surface area (Å²) in [5.41, 5.74) is 3.08. The maximum atomic E-state index is 12.3. The van der Waals surface area contributed by atoms with E-state index in [1.165, 1.54) is 12.1 Å². The zero-order chi connectivity index (χ0) is 22.3. The summed E-state index contributed by atoms with van der Waals surface area (Å²) >= 11 is 0. The quantitative estimate of drug-likeness (QED) is 0.673. The number of rotatable bonds is 6. The number of morpholine rings is 1. The monoisotopic (exact) mass is 451 g/mol. The van der Waals surface area contributed by atoms with Gasteiger partial charge in [-0.3, -0.25) is 4.90 Å². The fraction of sp³-hybridized carbons (Fsp3) is 0.591. The van der Waals surface area contributed by atoms with Crippen LogP contribution in [0.15, 0.2) is 30.5 Å². The number of nitrogens with zero attached hydrogens (tertiary/aromatic N) is 5. The molecule has 1 aromatic heterocycles. The van der Waals surface area contributed by atoms with Crippen molar-refractivity contribution in [3.8, 4) is 11.4 Å². The zero-order valence-corrected chi connectivity index (χ0v) is 18.1. The molecule has 3 saturated heterocycles. The molecule has 3 aliphatic heterocycles. The Hall–Kier alpha value is -2.30. The molecule has 10 heteroatoms. The lowest BCUT2D eigenvalue weighted by molar-refractivity contribution is -0.274. The van der Waals surface area contributed by atoms with E-state index in [9.17, 15) is 13.2 Å². The zero-order valence-electron chi connectivity index (χ0n) is 18.1. The number of aryl methyl sites for hydroxylation is 1. The van der Waals surface area contributed by atoms with E-state index < -0.39 is 6.36 Å². The summed E-state index contributed by atoms with van der Waals surface area (Å²) in [6.07, 6.45) is -2.74. The van der Waals surface area contributed by atoms with Crippen molar-refractivity contribution >= 4 is 5.69 Å². The molecule has 0 unspecified atom stereocenters. The van der Waals surface area contributed by atoms with Crippen LogP contribution in [0, 0.1) is 12.3 Å². The summed E-state index contributed by atoms with van der Waals surface area (Å²) in [6, 6.07) is 5.76. The number of anilines is 1. The lowest BCUT2D eigenvalue weighted by Gasteiger charge is -2.61. The third-order valence-corrected chi connectivity index (χ3v) is 6.56. The van der Waals surface area contributed by atoms with Crippen molar-refractivity contribution < 1.29 is 22.6 Å². The third-order valence-electron chi connectivity index (χ3n) is 6.56. The third kappa shape index (κ3) is 4.57. The Kier molecular flexibility index (Phi) is 5.55. The summed E-state index contributed by atoms with van der Waals surface area (Å²) in [4.78, 5) is 7.36. The molecule has 0 bridgehead atoms. The van der Waals surface area contributed by atoms with E-state index in [-0.39, 0.29) is 5.75 Å². The Balaban J connectivity index is 1.13. The molecule has 0 atom stereocenters. The van der Waals surface area contributed by atoms with E-state index in [1.807, 2.05) is 13.1 Å². The summed E-state index contributed by atoms with van der Waals surface area (Å²) < 4.78 is 48.1. The second-order valence-electron chi connectivity index (χ2n) is 9.11. The van der Waals surface area contributed by atoms with E-state index in [0.29, 0.717) is 11.1 Å². The Bertz CT molecular complexity index is 926. The number of aromatic nitrogens is 2. The highest BCUT2D eigenvalue weighted by Crippen LogP contribution is 2.42. The molecule has 3 aliphatic rings. The number of benzene rings is 1. The second-order valence-corrected chi connectivity index (χ2v) is 9.11. The van der Waals surface area contributed by atoms with E-state index in [0.717, 1.165) is 77.0 Å². The van der Waals surface area contributed by atoms with Crippen molar-refractivity contribution in [3.63, 3.8) is 0 Å². The molecule has 0 aliphatic carbocycles. The maximum Gasteiger partial charge on any atom is 0.573 e. The van der Waals surface area contributed by atoms with Crippen LogP contribution in [-0.4, -0.2) is 91.5 Å². The van der Waals surface area contributed by atoms with Gasteiger partial charge in [0.15, 0.2) is 0 Å². The molecule has 7 nitrogen and oxygen atoms in total. The molecule has 32 heavy (non-hydrogen) atoms. The highest BCUT2D eigenvalue weighted by Gasteiger charge is 2.51. The van der Waals surface area contributed by atoms with Gasteiger partial charge in [0.25, 0.3) is 0 Å². The van der Waals surface area contributed by atoms with E-state index in [4.69, 9.17) is 4.74 Å². The Morgan fingerprint density at radius 1 is 1.00 bits per heavy atom. The maximum absolute atomic E-state index is 12.3. The van der Waals surface area contributed by atoms with Crippen LogP contribution in [0.1, 0.15) is 5.69 Å². The molecule has 174 valence electrons. The smallest absolute Gasteiger partial charge is 0.406 e. The molecule has 1 spiro atoms. The van der Waals surface area contributed by atoms with Crippen molar-refractivity contribution in [2.75, 3.05) is 70.5 Å². The van der Waals surface area contributed by atoms with E-state index >= 15 is 0 Å². The predicted octanol–water partition coefficient (Wildman–Crippen LogP) is 2.53. The van der Waals surface area contributed by atoms with Gasteiger partial charge in [-0.25, -0.2) is 4.68 Å². The van der Waals surface area contributed by atoms with Crippen LogP contribution in [0.3, 0.4) is 0 Å². The number of alkyl halides is 3. The van der Waals surface area contributed by atoms with E-state index in [2.05, 4.69) is 24.5 Å². The van der Waals surface area contributed by atoms with Crippen LogP contribution in [-0.2, 0) is 4.74 Å². The van der Waals surface area contributed by atoms with Crippen LogP contribution in [0.4, 0.5) is 18.9 Å². The van der Waals surface area contributed by atoms with Crippen LogP contribution < -0.4 is 9.64 Å². The molecule has 3 fully saturated rings. The first kappa shape index (κ1) is 21.5. The number of hydrogen-bond donors (Lipinski definition) is 0. The van der Waals surface area contributed by atoms with Gasteiger partial charge in [-0.2, -0.15) is 5.10 Å². The number of likely N-dealkylation sites (tertiary alicyclic amines) is 1. The molecule has 2 aromatic rings. The summed E-state index contributed by atoms with van der Waals surface area (Å²) in [7, 11) is 0.